The van der Waals surface area contributed by atoms with Gasteiger partial charge in [-0.15, -0.1) is 11.3 Å². The van der Waals surface area contributed by atoms with E-state index in [9.17, 15) is 8.42 Å². The van der Waals surface area contributed by atoms with Gasteiger partial charge >= 0.3 is 0 Å². The Balaban J connectivity index is 1.61. The van der Waals surface area contributed by atoms with E-state index in [1.165, 1.54) is 4.88 Å². The van der Waals surface area contributed by atoms with Gasteiger partial charge in [0.2, 0.25) is 10.0 Å². The molecule has 134 valence electrons. The molecule has 2 N–H and O–H groups in total. The molecule has 0 saturated carbocycles. The van der Waals surface area contributed by atoms with Gasteiger partial charge in [-0.25, -0.2) is 13.1 Å². The van der Waals surface area contributed by atoms with Crippen LogP contribution < -0.4 is 4.72 Å². The number of rotatable bonds is 5. The Morgan fingerprint density at radius 2 is 2.24 bits per heavy atom. The first kappa shape index (κ1) is 18.1. The van der Waals surface area contributed by atoms with E-state index in [0.29, 0.717) is 0 Å². The van der Waals surface area contributed by atoms with Crippen LogP contribution in [0.4, 0.5) is 0 Å². The van der Waals surface area contributed by atoms with Gasteiger partial charge in [-0.3, -0.25) is 9.58 Å². The number of aliphatic hydroxyl groups is 1. The van der Waals surface area contributed by atoms with Gasteiger partial charge < -0.3 is 5.11 Å². The normalized spacial score (nSPS) is 14.8. The summed E-state index contributed by atoms with van der Waals surface area (Å²) in [6.45, 7) is 3.39. The molecule has 9 heteroatoms. The molecule has 2 aromatic rings. The molecule has 1 aliphatic rings. The summed E-state index contributed by atoms with van der Waals surface area (Å²) < 4.78 is 26.8. The fourth-order valence-corrected chi connectivity index (χ4v) is 3.97. The summed E-state index contributed by atoms with van der Waals surface area (Å²) >= 11 is 1.67. The largest absolute Gasteiger partial charge is 0.384 e. The minimum atomic E-state index is -3.21. The Morgan fingerprint density at radius 3 is 3.00 bits per heavy atom. The standard InChI is InChI=1S/C16H20N4O3S2/c1-25(22,23)17-9-14-8-15-10-19(4-5-20(15)18-14)11-16-7-13(12-24-16)3-2-6-21/h7-8,12,17,21H,4-6,9-11H2,1H3. The Morgan fingerprint density at radius 1 is 1.40 bits per heavy atom. The van der Waals surface area contributed by atoms with Crippen LogP contribution >= 0.6 is 11.3 Å². The molecule has 0 bridgehead atoms. The topological polar surface area (TPSA) is 87.5 Å². The van der Waals surface area contributed by atoms with E-state index in [1.807, 2.05) is 16.1 Å². The summed E-state index contributed by atoms with van der Waals surface area (Å²) in [5, 5.41) is 15.2. The van der Waals surface area contributed by atoms with E-state index in [4.69, 9.17) is 5.11 Å². The number of fused-ring (bicyclic) bond motifs is 1. The van der Waals surface area contributed by atoms with Gasteiger partial charge in [0.1, 0.15) is 6.61 Å². The smallest absolute Gasteiger partial charge is 0.209 e. The summed E-state index contributed by atoms with van der Waals surface area (Å²) in [4.78, 5) is 3.56. The second-order valence-electron chi connectivity index (χ2n) is 5.92. The molecule has 7 nitrogen and oxygen atoms in total. The van der Waals surface area contributed by atoms with Crippen molar-refractivity contribution in [3.05, 3.63) is 39.3 Å². The fourth-order valence-electron chi connectivity index (χ4n) is 2.70. The summed E-state index contributed by atoms with van der Waals surface area (Å²) in [6.07, 6.45) is 1.14. The van der Waals surface area contributed by atoms with E-state index in [1.54, 1.807) is 11.3 Å². The van der Waals surface area contributed by atoms with E-state index in [-0.39, 0.29) is 13.2 Å². The third-order valence-electron chi connectivity index (χ3n) is 3.79. The fraction of sp³-hybridized carbons (Fsp3) is 0.438. The summed E-state index contributed by atoms with van der Waals surface area (Å²) in [6, 6.07) is 4.01. The van der Waals surface area contributed by atoms with E-state index in [0.717, 1.165) is 49.4 Å². The number of nitrogens with zero attached hydrogens (tertiary/aromatic N) is 3. The van der Waals surface area contributed by atoms with Crippen molar-refractivity contribution < 1.29 is 13.5 Å². The number of aliphatic hydroxyl groups excluding tert-OH is 1. The lowest BCUT2D eigenvalue weighted by Gasteiger charge is -2.26. The summed E-state index contributed by atoms with van der Waals surface area (Å²) in [5.74, 6) is 5.58. The van der Waals surface area contributed by atoms with Gasteiger partial charge in [-0.1, -0.05) is 11.8 Å². The van der Waals surface area contributed by atoms with Crippen LogP contribution in [0, 0.1) is 11.8 Å². The molecule has 0 saturated heterocycles. The predicted octanol–water partition coefficient (Wildman–Crippen LogP) is 0.353. The SMILES string of the molecule is CS(=O)(=O)NCc1cc2n(n1)CCN(Cc1cc(C#CCO)cs1)C2. The molecule has 0 aromatic carbocycles. The van der Waals surface area contributed by atoms with Crippen molar-refractivity contribution in [1.82, 2.24) is 19.4 Å². The van der Waals surface area contributed by atoms with Crippen molar-refractivity contribution in [1.29, 1.82) is 0 Å². The summed E-state index contributed by atoms with van der Waals surface area (Å²) in [7, 11) is -3.21. The Hall–Kier alpha value is -1.70. The Kier molecular flexibility index (Phi) is 5.56. The quantitative estimate of drug-likeness (QED) is 0.731. The van der Waals surface area contributed by atoms with Crippen molar-refractivity contribution in [2.24, 2.45) is 0 Å². The molecular weight excluding hydrogens is 360 g/mol. The molecule has 0 fully saturated rings. The third kappa shape index (κ3) is 5.14. The molecule has 0 aliphatic carbocycles. The monoisotopic (exact) mass is 380 g/mol. The molecule has 25 heavy (non-hydrogen) atoms. The maximum Gasteiger partial charge on any atom is 0.209 e. The zero-order valence-electron chi connectivity index (χ0n) is 13.9. The van der Waals surface area contributed by atoms with Gasteiger partial charge in [0.25, 0.3) is 0 Å². The minimum Gasteiger partial charge on any atom is -0.384 e. The predicted molar refractivity (Wildman–Crippen MR) is 96.3 cm³/mol. The van der Waals surface area contributed by atoms with Crippen LogP contribution in [0.3, 0.4) is 0 Å². The number of aromatic nitrogens is 2. The lowest BCUT2D eigenvalue weighted by Crippen LogP contribution is -2.33. The van der Waals surface area contributed by atoms with Crippen LogP contribution in [0.1, 0.15) is 21.8 Å². The van der Waals surface area contributed by atoms with Gasteiger partial charge in [0.15, 0.2) is 0 Å². The molecule has 3 rings (SSSR count). The van der Waals surface area contributed by atoms with Crippen molar-refractivity contribution in [2.75, 3.05) is 19.4 Å². The van der Waals surface area contributed by atoms with Gasteiger partial charge in [0.05, 0.1) is 30.7 Å². The second kappa shape index (κ2) is 7.68. The van der Waals surface area contributed by atoms with Crippen LogP contribution in [0.25, 0.3) is 0 Å². The molecule has 3 heterocycles. The first-order valence-electron chi connectivity index (χ1n) is 7.83. The molecule has 0 spiro atoms. The zero-order chi connectivity index (χ0) is 17.9. The maximum atomic E-state index is 11.2. The lowest BCUT2D eigenvalue weighted by atomic mass is 10.2. The van der Waals surface area contributed by atoms with Crippen molar-refractivity contribution in [3.8, 4) is 11.8 Å². The van der Waals surface area contributed by atoms with E-state index in [2.05, 4.69) is 32.6 Å². The highest BCUT2D eigenvalue weighted by molar-refractivity contribution is 7.88. The first-order chi connectivity index (χ1) is 11.9. The number of hydrogen-bond donors (Lipinski definition) is 2. The Bertz CT molecular complexity index is 905. The molecule has 2 aromatic heterocycles. The highest BCUT2D eigenvalue weighted by atomic mass is 32.2. The maximum absolute atomic E-state index is 11.2. The Labute approximate surface area is 151 Å². The summed E-state index contributed by atoms with van der Waals surface area (Å²) in [5.41, 5.74) is 2.76. The van der Waals surface area contributed by atoms with Crippen LogP contribution in [-0.4, -0.2) is 47.6 Å². The average molecular weight is 380 g/mol. The average Bonchev–Trinajstić information content (AvgIpc) is 3.16. The highest BCUT2D eigenvalue weighted by Gasteiger charge is 2.19. The highest BCUT2D eigenvalue weighted by Crippen LogP contribution is 2.20. The van der Waals surface area contributed by atoms with Gasteiger partial charge in [0, 0.05) is 35.5 Å². The number of thiophene rings is 1. The van der Waals surface area contributed by atoms with Crippen molar-refractivity contribution in [2.45, 2.75) is 26.2 Å². The number of hydrogen-bond acceptors (Lipinski definition) is 6. The van der Waals surface area contributed by atoms with Gasteiger partial charge in [-0.2, -0.15) is 5.10 Å². The second-order valence-corrected chi connectivity index (χ2v) is 8.74. The molecule has 1 aliphatic heterocycles. The third-order valence-corrected chi connectivity index (χ3v) is 5.38. The van der Waals surface area contributed by atoms with Gasteiger partial charge in [-0.05, 0) is 12.1 Å². The molecule has 0 unspecified atom stereocenters. The van der Waals surface area contributed by atoms with E-state index < -0.39 is 10.0 Å². The number of nitrogens with one attached hydrogen (secondary N) is 1. The molecule has 0 amide bonds. The molecule has 0 radical (unpaired) electrons. The molecule has 0 atom stereocenters. The minimum absolute atomic E-state index is 0.127. The lowest BCUT2D eigenvalue weighted by molar-refractivity contribution is 0.207. The van der Waals surface area contributed by atoms with Crippen LogP contribution in [-0.2, 0) is 36.2 Å². The number of sulfonamides is 1. The van der Waals surface area contributed by atoms with Crippen LogP contribution in [0.5, 0.6) is 0 Å². The van der Waals surface area contributed by atoms with Crippen LogP contribution in [0.15, 0.2) is 17.5 Å². The van der Waals surface area contributed by atoms with Crippen molar-refractivity contribution in [3.63, 3.8) is 0 Å². The van der Waals surface area contributed by atoms with E-state index >= 15 is 0 Å². The zero-order valence-corrected chi connectivity index (χ0v) is 15.5. The van der Waals surface area contributed by atoms with Crippen LogP contribution in [0.2, 0.25) is 0 Å². The molecular formula is C16H20N4O3S2. The first-order valence-corrected chi connectivity index (χ1v) is 10.6. The van der Waals surface area contributed by atoms with Crippen molar-refractivity contribution >= 4 is 21.4 Å².